The van der Waals surface area contributed by atoms with Crippen molar-refractivity contribution in [2.75, 3.05) is 39.6 Å². The summed E-state index contributed by atoms with van der Waals surface area (Å²) in [6, 6.07) is 0.719. The average Bonchev–Trinajstić information content (AvgIpc) is 3.01. The number of ether oxygens (including phenoxy) is 2. The summed E-state index contributed by atoms with van der Waals surface area (Å²) >= 11 is 0. The first-order valence-electron chi connectivity index (χ1n) is 21.0. The lowest BCUT2D eigenvalue weighted by Crippen LogP contribution is -2.40. The summed E-state index contributed by atoms with van der Waals surface area (Å²) < 4.78 is 24.4. The van der Waals surface area contributed by atoms with Gasteiger partial charge in [0.05, 0.1) is 49.9 Å². The van der Waals surface area contributed by atoms with Crippen LogP contribution in [0.4, 0.5) is 0 Å². The zero-order chi connectivity index (χ0) is 37.5. The number of rotatable bonds is 23. The van der Waals surface area contributed by atoms with Gasteiger partial charge in [0, 0.05) is 13.2 Å². The van der Waals surface area contributed by atoms with E-state index in [0.29, 0.717) is 85.9 Å². The van der Waals surface area contributed by atoms with Gasteiger partial charge in [0.25, 0.3) is 0 Å². The molecular weight excluding hydrogens is 653 g/mol. The van der Waals surface area contributed by atoms with Crippen LogP contribution in [0.25, 0.3) is 0 Å². The van der Waals surface area contributed by atoms with E-state index in [1.807, 2.05) is 0 Å². The molecule has 50 heavy (non-hydrogen) atoms. The second kappa shape index (κ2) is 22.7. The highest BCUT2D eigenvalue weighted by atomic mass is 28.4. The topological polar surface area (TPSA) is 61.6 Å². The van der Waals surface area contributed by atoms with E-state index >= 15 is 0 Å². The molecule has 0 aromatic carbocycles. The van der Waals surface area contributed by atoms with Crippen LogP contribution in [-0.4, -0.2) is 79.8 Å². The Morgan fingerprint density at radius 2 is 0.780 bits per heavy atom. The van der Waals surface area contributed by atoms with Crippen LogP contribution < -0.4 is 0 Å². The molecule has 2 rings (SSSR count). The minimum absolute atomic E-state index is 0.359. The van der Waals surface area contributed by atoms with Gasteiger partial charge in [-0.25, -0.2) is 0 Å². The van der Waals surface area contributed by atoms with E-state index in [1.54, 1.807) is 0 Å². The van der Waals surface area contributed by atoms with Crippen molar-refractivity contribution < 1.29 is 18.3 Å². The molecule has 0 aliphatic heterocycles. The Kier molecular flexibility index (Phi) is 20.8. The summed E-state index contributed by atoms with van der Waals surface area (Å²) in [5.74, 6) is 5.00. The average molecular weight is 737 g/mol. The minimum Gasteiger partial charge on any atom is -0.415 e. The highest BCUT2D eigenvalue weighted by Gasteiger charge is 2.39. The van der Waals surface area contributed by atoms with Crippen molar-refractivity contribution in [1.82, 2.24) is 0 Å². The van der Waals surface area contributed by atoms with E-state index in [4.69, 9.17) is 28.3 Å². The molecule has 8 heteroatoms. The van der Waals surface area contributed by atoms with Gasteiger partial charge in [-0.2, -0.15) is 0 Å². The van der Waals surface area contributed by atoms with Gasteiger partial charge in [0.15, 0.2) is 16.6 Å². The monoisotopic (exact) mass is 737 g/mol. The van der Waals surface area contributed by atoms with E-state index in [9.17, 15) is 0 Å². The minimum atomic E-state index is -1.53. The maximum Gasteiger partial charge on any atom is 0.183 e. The second-order valence-electron chi connectivity index (χ2n) is 19.0. The largest absolute Gasteiger partial charge is 0.415 e. The molecule has 0 saturated heterocycles. The van der Waals surface area contributed by atoms with Crippen LogP contribution >= 0.6 is 0 Å². The van der Waals surface area contributed by atoms with Crippen molar-refractivity contribution in [3.63, 3.8) is 0 Å². The van der Waals surface area contributed by atoms with Crippen molar-refractivity contribution >= 4 is 28.1 Å². The Bertz CT molecular complexity index is 875. The summed E-state index contributed by atoms with van der Waals surface area (Å²) in [4.78, 5) is 11.8. The Morgan fingerprint density at radius 1 is 0.480 bits per heavy atom. The third-order valence-electron chi connectivity index (χ3n) is 11.2. The van der Waals surface area contributed by atoms with Crippen molar-refractivity contribution in [3.8, 4) is 0 Å². The van der Waals surface area contributed by atoms with Gasteiger partial charge >= 0.3 is 0 Å². The molecule has 0 spiro atoms. The molecule has 2 aliphatic rings. The fourth-order valence-electron chi connectivity index (χ4n) is 8.42. The van der Waals surface area contributed by atoms with Gasteiger partial charge in [-0.3, -0.25) is 9.98 Å². The summed E-state index contributed by atoms with van der Waals surface area (Å²) in [5, 5.41) is 0. The Hall–Kier alpha value is -0.386. The van der Waals surface area contributed by atoms with E-state index in [2.05, 4.69) is 94.7 Å². The van der Waals surface area contributed by atoms with Crippen LogP contribution in [0.5, 0.6) is 0 Å². The van der Waals surface area contributed by atoms with Crippen LogP contribution in [0.2, 0.25) is 39.3 Å². The van der Waals surface area contributed by atoms with Crippen molar-refractivity contribution in [1.29, 1.82) is 0 Å². The molecule has 0 bridgehead atoms. The molecule has 0 N–H and O–H groups in total. The predicted octanol–water partition coefficient (Wildman–Crippen LogP) is 11.4. The van der Waals surface area contributed by atoms with Gasteiger partial charge in [-0.1, -0.05) is 68.2 Å². The third kappa shape index (κ3) is 17.2. The van der Waals surface area contributed by atoms with E-state index in [-0.39, 0.29) is 0 Å². The molecule has 0 radical (unpaired) electrons. The standard InChI is InChI=1S/C42H84N2O4Si2/c1-31(2)35-19-15-20-36(32(3)4)41(35)43-39(23-17-25-45-27-29-47-49(9,10)11)40(24-18-26-46-28-30-48-50(12,13)14)44-42-37(33(5)6)21-16-22-38(42)34(7)8/h31-38,41-42H,15-30H2,1-14H3. The molecule has 0 aromatic heterocycles. The smallest absolute Gasteiger partial charge is 0.183 e. The molecule has 2 aliphatic carbocycles. The fourth-order valence-corrected chi connectivity index (χ4v) is 9.81. The molecule has 0 amide bonds. The lowest BCUT2D eigenvalue weighted by atomic mass is 9.68. The summed E-state index contributed by atoms with van der Waals surface area (Å²) in [6.45, 7) is 37.0. The molecule has 0 aromatic rings. The van der Waals surface area contributed by atoms with Gasteiger partial charge in [-0.05, 0) is 138 Å². The van der Waals surface area contributed by atoms with Gasteiger partial charge < -0.3 is 18.3 Å². The molecule has 2 saturated carbocycles. The Labute approximate surface area is 313 Å². The lowest BCUT2D eigenvalue weighted by molar-refractivity contribution is 0.0967. The quantitative estimate of drug-likeness (QED) is 0.0595. The number of nitrogens with zero attached hydrogens (tertiary/aromatic N) is 2. The van der Waals surface area contributed by atoms with E-state index < -0.39 is 16.6 Å². The van der Waals surface area contributed by atoms with Crippen LogP contribution in [0.1, 0.15) is 120 Å². The van der Waals surface area contributed by atoms with Gasteiger partial charge in [0.1, 0.15) is 0 Å². The Morgan fingerprint density at radius 3 is 1.04 bits per heavy atom. The predicted molar refractivity (Wildman–Crippen MR) is 222 cm³/mol. The van der Waals surface area contributed by atoms with E-state index in [0.717, 1.165) is 38.9 Å². The lowest BCUT2D eigenvalue weighted by Gasteiger charge is -2.41. The molecule has 6 nitrogen and oxygen atoms in total. The molecular formula is C42H84N2O4Si2. The van der Waals surface area contributed by atoms with E-state index in [1.165, 1.54) is 49.9 Å². The third-order valence-corrected chi connectivity index (χ3v) is 13.3. The van der Waals surface area contributed by atoms with Gasteiger partial charge in [0.2, 0.25) is 0 Å². The SMILES string of the molecule is CC(C)C1CCCC(C(C)C)C1N=C(CCCOCCO[Si](C)(C)C)C(CCCOCCO[Si](C)(C)C)=NC1C(C(C)C)CCCC1C(C)C. The number of hydrogen-bond donors (Lipinski definition) is 0. The van der Waals surface area contributed by atoms with Crippen molar-refractivity contribution in [2.24, 2.45) is 57.3 Å². The Balaban J connectivity index is 2.48. The van der Waals surface area contributed by atoms with Crippen LogP contribution in [0.15, 0.2) is 9.98 Å². The molecule has 294 valence electrons. The zero-order valence-corrected chi connectivity index (χ0v) is 37.6. The van der Waals surface area contributed by atoms with Crippen LogP contribution in [-0.2, 0) is 18.3 Å². The maximum absolute atomic E-state index is 6.15. The second-order valence-corrected chi connectivity index (χ2v) is 28.0. The zero-order valence-electron chi connectivity index (χ0n) is 35.6. The fraction of sp³-hybridized carbons (Fsp3) is 0.952. The highest BCUT2D eigenvalue weighted by Crippen LogP contribution is 2.42. The first kappa shape index (κ1) is 45.8. The summed E-state index contributed by atoms with van der Waals surface area (Å²) in [7, 11) is -3.06. The maximum atomic E-state index is 6.15. The first-order valence-corrected chi connectivity index (χ1v) is 27.8. The summed E-state index contributed by atoms with van der Waals surface area (Å²) in [6.07, 6.45) is 11.6. The molecule has 4 atom stereocenters. The number of aliphatic imine (C=N–C) groups is 2. The van der Waals surface area contributed by atoms with Crippen molar-refractivity contribution in [2.45, 2.75) is 171 Å². The van der Waals surface area contributed by atoms with Crippen molar-refractivity contribution in [3.05, 3.63) is 0 Å². The first-order chi connectivity index (χ1) is 23.4. The highest BCUT2D eigenvalue weighted by molar-refractivity contribution is 6.70. The van der Waals surface area contributed by atoms with Gasteiger partial charge in [-0.15, -0.1) is 0 Å². The molecule has 0 heterocycles. The number of hydrogen-bond acceptors (Lipinski definition) is 6. The molecule has 2 fully saturated rings. The normalized spacial score (nSPS) is 26.2. The molecule has 4 unspecified atom stereocenters. The van der Waals surface area contributed by atoms with Crippen LogP contribution in [0.3, 0.4) is 0 Å². The van der Waals surface area contributed by atoms with Crippen LogP contribution in [0, 0.1) is 47.3 Å². The summed E-state index contributed by atoms with van der Waals surface area (Å²) in [5.41, 5.74) is 2.54.